The molecule has 0 spiro atoms. The van der Waals surface area contributed by atoms with Crippen molar-refractivity contribution in [1.82, 2.24) is 8.94 Å². The summed E-state index contributed by atoms with van der Waals surface area (Å²) >= 11 is 0.700. The Morgan fingerprint density at radius 2 is 2.19 bits per heavy atom. The maximum absolute atomic E-state index is 13.4. The Morgan fingerprint density at radius 3 is 2.93 bits per heavy atom. The second kappa shape index (κ2) is 6.36. The molecule has 10 heteroatoms. The van der Waals surface area contributed by atoms with E-state index in [1.165, 1.54) is 12.1 Å². The molecule has 142 valence electrons. The first-order chi connectivity index (χ1) is 12.6. The van der Waals surface area contributed by atoms with Crippen LogP contribution in [-0.2, 0) is 10.0 Å². The standard InChI is InChI=1S/C17H16FN3O4S2/c1-27(24,25)20-9-17-13-6-10(2-5-16(13)21(22,23)26-17)14-8-19-15-7-11(18)3-4-12(14)15/h2-6,8,17,20,22H,7,9H2,1H3. The molecule has 27 heavy (non-hydrogen) atoms. The molecule has 1 aromatic rings. The SMILES string of the molecule is CS(=O)(=O)NCC1S[N+]([O-])(O)c2ccc(C3=CN=C4CC(F)=CC=C34)cc21. The fourth-order valence-corrected chi connectivity index (χ4v) is 4.94. The van der Waals surface area contributed by atoms with E-state index in [2.05, 4.69) is 9.71 Å². The van der Waals surface area contributed by atoms with E-state index in [1.807, 2.05) is 0 Å². The van der Waals surface area contributed by atoms with Gasteiger partial charge in [0.15, 0.2) is 5.69 Å². The van der Waals surface area contributed by atoms with Crippen LogP contribution in [0.3, 0.4) is 0 Å². The van der Waals surface area contributed by atoms with E-state index in [0.29, 0.717) is 23.2 Å². The molecule has 3 aliphatic rings. The highest BCUT2D eigenvalue weighted by Gasteiger charge is 2.41. The molecule has 1 aromatic carbocycles. The zero-order valence-corrected chi connectivity index (χ0v) is 15.8. The zero-order valence-electron chi connectivity index (χ0n) is 14.2. The van der Waals surface area contributed by atoms with Gasteiger partial charge in [0, 0.05) is 41.9 Å². The summed E-state index contributed by atoms with van der Waals surface area (Å²) in [6.45, 7) is -0.0137. The van der Waals surface area contributed by atoms with Crippen molar-refractivity contribution in [3.05, 3.63) is 64.3 Å². The normalized spacial score (nSPS) is 26.7. The van der Waals surface area contributed by atoms with Gasteiger partial charge in [0.2, 0.25) is 10.0 Å². The second-order valence-corrected chi connectivity index (χ2v) is 9.61. The van der Waals surface area contributed by atoms with Crippen molar-refractivity contribution < 1.29 is 18.0 Å². The molecule has 7 nitrogen and oxygen atoms in total. The van der Waals surface area contributed by atoms with Crippen molar-refractivity contribution in [1.29, 1.82) is 0 Å². The van der Waals surface area contributed by atoms with Crippen LogP contribution in [0.4, 0.5) is 10.1 Å². The third-order valence-electron chi connectivity index (χ3n) is 4.51. The first-order valence-electron chi connectivity index (χ1n) is 8.09. The lowest BCUT2D eigenvalue weighted by Gasteiger charge is -2.25. The van der Waals surface area contributed by atoms with E-state index in [-0.39, 0.29) is 24.5 Å². The molecule has 2 unspecified atom stereocenters. The van der Waals surface area contributed by atoms with Gasteiger partial charge in [-0.15, -0.1) is 4.21 Å². The number of hydrogen-bond acceptors (Lipinski definition) is 6. The van der Waals surface area contributed by atoms with Gasteiger partial charge in [-0.2, -0.15) is 5.21 Å². The van der Waals surface area contributed by atoms with Crippen LogP contribution in [0.5, 0.6) is 0 Å². The summed E-state index contributed by atoms with van der Waals surface area (Å²) in [5, 5.41) is 21.9. The number of nitrogens with one attached hydrogen (secondary N) is 1. The maximum atomic E-state index is 13.4. The number of hydrogen-bond donors (Lipinski definition) is 2. The number of halogens is 1. The molecule has 2 atom stereocenters. The molecule has 2 N–H and O–H groups in total. The highest BCUT2D eigenvalue weighted by Crippen LogP contribution is 2.51. The van der Waals surface area contributed by atoms with Crippen molar-refractivity contribution in [3.63, 3.8) is 0 Å². The molecule has 2 heterocycles. The number of sulfonamides is 1. The molecule has 0 fully saturated rings. The average Bonchev–Trinajstić information content (AvgIpc) is 3.10. The Hall–Kier alpha value is -1.82. The van der Waals surface area contributed by atoms with E-state index in [4.69, 9.17) is 0 Å². The van der Waals surface area contributed by atoms with Crippen molar-refractivity contribution in [2.24, 2.45) is 4.99 Å². The van der Waals surface area contributed by atoms with Gasteiger partial charge in [-0.1, -0.05) is 0 Å². The van der Waals surface area contributed by atoms with E-state index in [0.717, 1.165) is 23.0 Å². The molecule has 0 saturated carbocycles. The van der Waals surface area contributed by atoms with E-state index in [9.17, 15) is 23.2 Å². The lowest BCUT2D eigenvalue weighted by Crippen LogP contribution is -2.29. The lowest BCUT2D eigenvalue weighted by molar-refractivity contribution is 0.0770. The van der Waals surface area contributed by atoms with Gasteiger partial charge < -0.3 is 5.21 Å². The summed E-state index contributed by atoms with van der Waals surface area (Å²) in [7, 11) is -3.43. The van der Waals surface area contributed by atoms with Crippen molar-refractivity contribution in [3.8, 4) is 0 Å². The summed E-state index contributed by atoms with van der Waals surface area (Å²) in [5.41, 5.74) is 3.74. The van der Waals surface area contributed by atoms with Gasteiger partial charge in [-0.05, 0) is 29.8 Å². The second-order valence-electron chi connectivity index (χ2n) is 6.50. The number of fused-ring (bicyclic) bond motifs is 2. The largest absolute Gasteiger partial charge is 0.581 e. The zero-order chi connectivity index (χ0) is 19.4. The third-order valence-corrected chi connectivity index (χ3v) is 6.36. The topological polar surface area (TPSA) is 102 Å². The van der Waals surface area contributed by atoms with Crippen LogP contribution in [0.25, 0.3) is 5.57 Å². The predicted octanol–water partition coefficient (Wildman–Crippen LogP) is 3.11. The first-order valence-corrected chi connectivity index (χ1v) is 10.8. The fraction of sp³-hybridized carbons (Fsp3) is 0.235. The molecule has 1 aliphatic carbocycles. The number of benzene rings is 1. The van der Waals surface area contributed by atoms with Gasteiger partial charge in [0.05, 0.1) is 12.0 Å². The minimum Gasteiger partial charge on any atom is -0.581 e. The molecule has 4 rings (SSSR count). The Balaban J connectivity index is 1.69. The van der Waals surface area contributed by atoms with Crippen LogP contribution < -0.4 is 8.94 Å². The monoisotopic (exact) mass is 409 g/mol. The van der Waals surface area contributed by atoms with Crippen molar-refractivity contribution in [2.75, 3.05) is 12.8 Å². The summed E-state index contributed by atoms with van der Waals surface area (Å²) in [5.74, 6) is -0.252. The maximum Gasteiger partial charge on any atom is 0.208 e. The van der Waals surface area contributed by atoms with Gasteiger partial charge >= 0.3 is 0 Å². The molecular formula is C17H16FN3O4S2. The number of rotatable bonds is 4. The van der Waals surface area contributed by atoms with Gasteiger partial charge in [-0.3, -0.25) is 4.99 Å². The summed E-state index contributed by atoms with van der Waals surface area (Å²) in [4.78, 5) is 4.27. The van der Waals surface area contributed by atoms with Crippen molar-refractivity contribution >= 4 is 38.9 Å². The first kappa shape index (κ1) is 18.5. The predicted molar refractivity (Wildman–Crippen MR) is 104 cm³/mol. The Kier molecular flexibility index (Phi) is 4.37. The summed E-state index contributed by atoms with van der Waals surface area (Å²) in [6.07, 6.45) is 5.90. The lowest BCUT2D eigenvalue weighted by atomic mass is 9.91. The molecule has 0 bridgehead atoms. The van der Waals surface area contributed by atoms with Crippen LogP contribution in [0.2, 0.25) is 0 Å². The van der Waals surface area contributed by atoms with E-state index >= 15 is 0 Å². The summed E-state index contributed by atoms with van der Waals surface area (Å²) < 4.78 is 37.0. The van der Waals surface area contributed by atoms with E-state index < -0.39 is 19.5 Å². The Labute approximate surface area is 159 Å². The number of allylic oxidation sites excluding steroid dienone is 5. The number of quaternary nitrogens is 1. The highest BCUT2D eigenvalue weighted by atomic mass is 32.2. The van der Waals surface area contributed by atoms with Crippen LogP contribution in [0, 0.1) is 5.21 Å². The van der Waals surface area contributed by atoms with Crippen LogP contribution >= 0.6 is 11.9 Å². The van der Waals surface area contributed by atoms with Crippen LogP contribution in [0.1, 0.15) is 22.8 Å². The minimum atomic E-state index is -3.43. The highest BCUT2D eigenvalue weighted by molar-refractivity contribution is 7.99. The fourth-order valence-electron chi connectivity index (χ4n) is 3.28. The van der Waals surface area contributed by atoms with Gasteiger partial charge in [-0.25, -0.2) is 17.5 Å². The molecule has 0 radical (unpaired) electrons. The quantitative estimate of drug-likeness (QED) is 0.452. The molecule has 0 amide bonds. The Morgan fingerprint density at radius 1 is 1.41 bits per heavy atom. The van der Waals surface area contributed by atoms with Crippen LogP contribution in [-0.4, -0.2) is 32.1 Å². The minimum absolute atomic E-state index is 0.0137. The average molecular weight is 409 g/mol. The number of nitrogens with zero attached hydrogens (tertiary/aromatic N) is 2. The van der Waals surface area contributed by atoms with Gasteiger partial charge in [0.25, 0.3) is 0 Å². The Bertz CT molecular complexity index is 1060. The third kappa shape index (κ3) is 3.51. The van der Waals surface area contributed by atoms with E-state index in [1.54, 1.807) is 24.4 Å². The summed E-state index contributed by atoms with van der Waals surface area (Å²) in [6, 6.07) is 4.99. The molecular weight excluding hydrogens is 393 g/mol. The molecule has 0 aromatic heterocycles. The van der Waals surface area contributed by atoms with Gasteiger partial charge in [0.1, 0.15) is 23.0 Å². The van der Waals surface area contributed by atoms with Crippen LogP contribution in [0.15, 0.2) is 52.9 Å². The number of aliphatic imine (C=N–C) groups is 1. The smallest absolute Gasteiger partial charge is 0.208 e. The molecule has 2 aliphatic heterocycles. The van der Waals surface area contributed by atoms with Crippen molar-refractivity contribution in [2.45, 2.75) is 11.7 Å². The molecule has 0 saturated heterocycles.